The fourth-order valence-electron chi connectivity index (χ4n) is 1.11. The second kappa shape index (κ2) is 7.22. The molecule has 0 aromatic carbocycles. The van der Waals surface area contributed by atoms with Crippen molar-refractivity contribution in [3.63, 3.8) is 0 Å². The number of nitrogens with one attached hydrogen (secondary N) is 2. The van der Waals surface area contributed by atoms with E-state index in [9.17, 15) is 9.59 Å². The van der Waals surface area contributed by atoms with Crippen molar-refractivity contribution >= 4 is 11.8 Å². The number of nitrogens with two attached hydrogens (primary N) is 1. The van der Waals surface area contributed by atoms with Gasteiger partial charge in [-0.2, -0.15) is 0 Å². The number of hydrogen-bond donors (Lipinski definition) is 3. The van der Waals surface area contributed by atoms with Crippen LogP contribution in [0.1, 0.15) is 34.1 Å². The molecule has 1 atom stereocenters. The smallest absolute Gasteiger partial charge is 0.237 e. The molecule has 94 valence electrons. The van der Waals surface area contributed by atoms with Gasteiger partial charge in [-0.3, -0.25) is 9.59 Å². The summed E-state index contributed by atoms with van der Waals surface area (Å²) in [5.74, 6) is -0.162. The SMILES string of the molecule is CC(C)NC(=O)CCNC(=O)[C@H](N)C(C)C. The summed E-state index contributed by atoms with van der Waals surface area (Å²) in [5, 5.41) is 5.39. The maximum atomic E-state index is 11.4. The van der Waals surface area contributed by atoms with Crippen LogP contribution in [-0.2, 0) is 9.59 Å². The van der Waals surface area contributed by atoms with Crippen LogP contribution in [-0.4, -0.2) is 30.4 Å². The predicted octanol–water partition coefficient (Wildman–Crippen LogP) is 0.000600. The third-order valence-electron chi connectivity index (χ3n) is 2.12. The Morgan fingerprint density at radius 3 is 2.19 bits per heavy atom. The first-order valence-electron chi connectivity index (χ1n) is 5.67. The summed E-state index contributed by atoms with van der Waals surface area (Å²) in [7, 11) is 0. The molecule has 0 bridgehead atoms. The van der Waals surface area contributed by atoms with Gasteiger partial charge >= 0.3 is 0 Å². The maximum Gasteiger partial charge on any atom is 0.237 e. The van der Waals surface area contributed by atoms with E-state index in [2.05, 4.69) is 10.6 Å². The van der Waals surface area contributed by atoms with E-state index >= 15 is 0 Å². The molecule has 0 aliphatic carbocycles. The second-order valence-corrected chi connectivity index (χ2v) is 4.53. The average molecular weight is 229 g/mol. The zero-order valence-corrected chi connectivity index (χ0v) is 10.5. The van der Waals surface area contributed by atoms with E-state index in [0.717, 1.165) is 0 Å². The third kappa shape index (κ3) is 6.40. The topological polar surface area (TPSA) is 84.2 Å². The van der Waals surface area contributed by atoms with Crippen LogP contribution in [0.5, 0.6) is 0 Å². The zero-order chi connectivity index (χ0) is 12.7. The zero-order valence-electron chi connectivity index (χ0n) is 10.5. The van der Waals surface area contributed by atoms with Gasteiger partial charge in [-0.1, -0.05) is 13.8 Å². The minimum atomic E-state index is -0.506. The van der Waals surface area contributed by atoms with Crippen LogP contribution in [0.25, 0.3) is 0 Å². The lowest BCUT2D eigenvalue weighted by Crippen LogP contribution is -2.45. The predicted molar refractivity (Wildman–Crippen MR) is 63.7 cm³/mol. The third-order valence-corrected chi connectivity index (χ3v) is 2.12. The largest absolute Gasteiger partial charge is 0.354 e. The molecular formula is C11H23N3O2. The molecule has 16 heavy (non-hydrogen) atoms. The van der Waals surface area contributed by atoms with Crippen molar-refractivity contribution < 1.29 is 9.59 Å². The van der Waals surface area contributed by atoms with Crippen LogP contribution >= 0.6 is 0 Å². The van der Waals surface area contributed by atoms with E-state index in [1.165, 1.54) is 0 Å². The molecule has 0 spiro atoms. The standard InChI is InChI=1S/C11H23N3O2/c1-7(2)10(12)11(16)13-6-5-9(15)14-8(3)4/h7-8,10H,5-6,12H2,1-4H3,(H,13,16)(H,14,15)/t10-/m1/s1. The quantitative estimate of drug-likeness (QED) is 0.599. The maximum absolute atomic E-state index is 11.4. The lowest BCUT2D eigenvalue weighted by molar-refractivity contribution is -0.123. The Hall–Kier alpha value is -1.10. The molecule has 2 amide bonds. The van der Waals surface area contributed by atoms with Crippen molar-refractivity contribution in [3.05, 3.63) is 0 Å². The Kier molecular flexibility index (Phi) is 6.72. The second-order valence-electron chi connectivity index (χ2n) is 4.53. The first-order valence-corrected chi connectivity index (χ1v) is 5.67. The normalized spacial score (nSPS) is 12.7. The van der Waals surface area contributed by atoms with Gasteiger partial charge in [0, 0.05) is 19.0 Å². The van der Waals surface area contributed by atoms with Crippen LogP contribution in [0.2, 0.25) is 0 Å². The molecule has 0 saturated carbocycles. The molecule has 5 nitrogen and oxygen atoms in total. The number of carbonyl (C=O) groups is 2. The Bertz CT molecular complexity index is 239. The number of amides is 2. The van der Waals surface area contributed by atoms with Crippen molar-refractivity contribution in [2.45, 2.75) is 46.2 Å². The van der Waals surface area contributed by atoms with Crippen LogP contribution in [0.4, 0.5) is 0 Å². The van der Waals surface area contributed by atoms with Crippen LogP contribution in [0.15, 0.2) is 0 Å². The number of rotatable bonds is 6. The Morgan fingerprint density at radius 2 is 1.75 bits per heavy atom. The van der Waals surface area contributed by atoms with Gasteiger partial charge in [0.1, 0.15) is 0 Å². The Morgan fingerprint density at radius 1 is 1.19 bits per heavy atom. The number of hydrogen-bond acceptors (Lipinski definition) is 3. The highest BCUT2D eigenvalue weighted by Gasteiger charge is 2.16. The van der Waals surface area contributed by atoms with E-state index in [-0.39, 0.29) is 30.2 Å². The molecule has 0 aliphatic heterocycles. The summed E-state index contributed by atoms with van der Waals surface area (Å²) in [6.07, 6.45) is 0.286. The van der Waals surface area contributed by atoms with Gasteiger partial charge in [-0.05, 0) is 19.8 Å². The van der Waals surface area contributed by atoms with E-state index < -0.39 is 6.04 Å². The lowest BCUT2D eigenvalue weighted by atomic mass is 10.1. The first-order chi connectivity index (χ1) is 7.34. The van der Waals surface area contributed by atoms with Crippen molar-refractivity contribution in [3.8, 4) is 0 Å². The minimum absolute atomic E-state index is 0.0616. The molecular weight excluding hydrogens is 206 g/mol. The summed E-state index contributed by atoms with van der Waals surface area (Å²) in [4.78, 5) is 22.7. The van der Waals surface area contributed by atoms with E-state index in [4.69, 9.17) is 5.73 Å². The Labute approximate surface area is 97.2 Å². The summed E-state index contributed by atoms with van der Waals surface area (Å²) < 4.78 is 0. The van der Waals surface area contributed by atoms with Gasteiger partial charge < -0.3 is 16.4 Å². The van der Waals surface area contributed by atoms with Gasteiger partial charge in [0.2, 0.25) is 11.8 Å². The molecule has 0 saturated heterocycles. The average Bonchev–Trinajstić information content (AvgIpc) is 2.14. The molecule has 0 unspecified atom stereocenters. The number of carbonyl (C=O) groups excluding carboxylic acids is 2. The molecule has 0 heterocycles. The van der Waals surface area contributed by atoms with Gasteiger partial charge in [0.05, 0.1) is 6.04 Å². The van der Waals surface area contributed by atoms with Crippen LogP contribution < -0.4 is 16.4 Å². The fourth-order valence-corrected chi connectivity index (χ4v) is 1.11. The minimum Gasteiger partial charge on any atom is -0.354 e. The molecule has 5 heteroatoms. The highest BCUT2D eigenvalue weighted by molar-refractivity contribution is 5.82. The van der Waals surface area contributed by atoms with Crippen molar-refractivity contribution in [1.29, 1.82) is 0 Å². The van der Waals surface area contributed by atoms with Gasteiger partial charge in [-0.25, -0.2) is 0 Å². The summed E-state index contributed by atoms with van der Waals surface area (Å²) in [6, 6.07) is -0.380. The molecule has 0 aromatic rings. The van der Waals surface area contributed by atoms with Gasteiger partial charge in [-0.15, -0.1) is 0 Å². The summed E-state index contributed by atoms with van der Waals surface area (Å²) >= 11 is 0. The fraction of sp³-hybridized carbons (Fsp3) is 0.818. The monoisotopic (exact) mass is 229 g/mol. The van der Waals surface area contributed by atoms with E-state index in [1.54, 1.807) is 0 Å². The van der Waals surface area contributed by atoms with Crippen molar-refractivity contribution in [2.24, 2.45) is 11.7 Å². The summed E-state index contributed by atoms with van der Waals surface area (Å²) in [6.45, 7) is 7.89. The molecule has 0 aromatic heterocycles. The van der Waals surface area contributed by atoms with Gasteiger partial charge in [0.25, 0.3) is 0 Å². The molecule has 0 aliphatic rings. The highest BCUT2D eigenvalue weighted by atomic mass is 16.2. The first kappa shape index (κ1) is 14.9. The van der Waals surface area contributed by atoms with E-state index in [1.807, 2.05) is 27.7 Å². The lowest BCUT2D eigenvalue weighted by Gasteiger charge is -2.15. The highest BCUT2D eigenvalue weighted by Crippen LogP contribution is 1.97. The van der Waals surface area contributed by atoms with Crippen molar-refractivity contribution in [2.75, 3.05) is 6.54 Å². The summed E-state index contributed by atoms with van der Waals surface area (Å²) in [5.41, 5.74) is 5.65. The van der Waals surface area contributed by atoms with Crippen LogP contribution in [0, 0.1) is 5.92 Å². The van der Waals surface area contributed by atoms with Crippen LogP contribution in [0.3, 0.4) is 0 Å². The molecule has 0 fully saturated rings. The molecule has 0 rings (SSSR count). The Balaban J connectivity index is 3.74. The van der Waals surface area contributed by atoms with Crippen molar-refractivity contribution in [1.82, 2.24) is 10.6 Å². The van der Waals surface area contributed by atoms with E-state index in [0.29, 0.717) is 6.54 Å². The molecule has 0 radical (unpaired) electrons. The van der Waals surface area contributed by atoms with Gasteiger partial charge in [0.15, 0.2) is 0 Å². The molecule has 4 N–H and O–H groups in total.